The van der Waals surface area contributed by atoms with Crippen LogP contribution in [0.5, 0.6) is 5.75 Å². The third-order valence-electron chi connectivity index (χ3n) is 4.99. The minimum Gasteiger partial charge on any atom is -0.406 e. The second-order valence-corrected chi connectivity index (χ2v) is 9.01. The molecule has 0 aromatic heterocycles. The molecule has 0 saturated heterocycles. The SMILES string of the molecule is Cc1ccc2ccc(F)cc2c1-c1ccc(S(=O)(=O)Nc2ccc(OC(F)(F)F)cc2)cc1. The monoisotopic (exact) mass is 475 g/mol. The third kappa shape index (κ3) is 5.09. The molecule has 9 heteroatoms. The number of fused-ring (bicyclic) bond motifs is 1. The Labute approximate surface area is 187 Å². The average molecular weight is 475 g/mol. The van der Waals surface area contributed by atoms with E-state index in [1.165, 1.54) is 36.4 Å². The van der Waals surface area contributed by atoms with Crippen LogP contribution in [0.1, 0.15) is 5.56 Å². The van der Waals surface area contributed by atoms with Crippen molar-refractivity contribution in [2.45, 2.75) is 18.2 Å². The van der Waals surface area contributed by atoms with Gasteiger partial charge in [-0.05, 0) is 82.9 Å². The molecule has 0 fully saturated rings. The van der Waals surface area contributed by atoms with Crippen molar-refractivity contribution in [1.82, 2.24) is 0 Å². The van der Waals surface area contributed by atoms with Crippen molar-refractivity contribution in [2.24, 2.45) is 0 Å². The summed E-state index contributed by atoms with van der Waals surface area (Å²) in [5.41, 5.74) is 2.50. The van der Waals surface area contributed by atoms with E-state index in [-0.39, 0.29) is 16.4 Å². The predicted molar refractivity (Wildman–Crippen MR) is 118 cm³/mol. The van der Waals surface area contributed by atoms with E-state index in [9.17, 15) is 26.0 Å². The van der Waals surface area contributed by atoms with Crippen LogP contribution in [0.4, 0.5) is 23.2 Å². The molecule has 0 atom stereocenters. The fourth-order valence-electron chi connectivity index (χ4n) is 3.52. The van der Waals surface area contributed by atoms with Gasteiger partial charge < -0.3 is 4.74 Å². The smallest absolute Gasteiger partial charge is 0.406 e. The standard InChI is InChI=1S/C24H17F4NO3S/c1-15-2-3-16-4-7-18(25)14-22(16)23(15)17-5-12-21(13-6-17)33(30,31)29-19-8-10-20(11-9-19)32-24(26,27)28/h2-14,29H,1H3. The molecule has 0 bridgehead atoms. The molecule has 4 rings (SSSR count). The maximum atomic E-state index is 13.8. The quantitative estimate of drug-likeness (QED) is 0.329. The zero-order chi connectivity index (χ0) is 23.8. The van der Waals surface area contributed by atoms with Crippen LogP contribution >= 0.6 is 0 Å². The Balaban J connectivity index is 1.60. The van der Waals surface area contributed by atoms with Gasteiger partial charge >= 0.3 is 6.36 Å². The summed E-state index contributed by atoms with van der Waals surface area (Å²) in [5, 5.41) is 1.57. The Hall–Kier alpha value is -3.59. The van der Waals surface area contributed by atoms with Crippen molar-refractivity contribution in [3.63, 3.8) is 0 Å². The number of hydrogen-bond acceptors (Lipinski definition) is 3. The molecule has 33 heavy (non-hydrogen) atoms. The van der Waals surface area contributed by atoms with E-state index in [1.807, 2.05) is 19.1 Å². The molecule has 0 aliphatic heterocycles. The summed E-state index contributed by atoms with van der Waals surface area (Å²) in [6, 6.07) is 18.7. The Morgan fingerprint density at radius 3 is 2.12 bits per heavy atom. The van der Waals surface area contributed by atoms with Gasteiger partial charge in [0.15, 0.2) is 0 Å². The van der Waals surface area contributed by atoms with Crippen molar-refractivity contribution in [2.75, 3.05) is 4.72 Å². The number of nitrogens with one attached hydrogen (secondary N) is 1. The van der Waals surface area contributed by atoms with Crippen LogP contribution in [0, 0.1) is 12.7 Å². The van der Waals surface area contributed by atoms with Gasteiger partial charge in [-0.1, -0.05) is 30.3 Å². The van der Waals surface area contributed by atoms with Crippen LogP contribution in [0.25, 0.3) is 21.9 Å². The number of halogens is 4. The molecule has 170 valence electrons. The molecular weight excluding hydrogens is 458 g/mol. The molecular formula is C24H17F4NO3S. The van der Waals surface area contributed by atoms with Gasteiger partial charge in [0.25, 0.3) is 10.0 Å². The number of alkyl halides is 3. The van der Waals surface area contributed by atoms with Gasteiger partial charge in [-0.3, -0.25) is 4.72 Å². The number of rotatable bonds is 5. The molecule has 4 aromatic carbocycles. The zero-order valence-electron chi connectivity index (χ0n) is 17.2. The summed E-state index contributed by atoms with van der Waals surface area (Å²) in [6.45, 7) is 1.89. The topological polar surface area (TPSA) is 55.4 Å². The molecule has 4 nitrogen and oxygen atoms in total. The van der Waals surface area contributed by atoms with Crippen LogP contribution in [0.2, 0.25) is 0 Å². The lowest BCUT2D eigenvalue weighted by molar-refractivity contribution is -0.274. The Kier molecular flexibility index (Phi) is 5.75. The lowest BCUT2D eigenvalue weighted by Gasteiger charge is -2.13. The highest BCUT2D eigenvalue weighted by atomic mass is 32.2. The van der Waals surface area contributed by atoms with E-state index >= 15 is 0 Å². The van der Waals surface area contributed by atoms with E-state index < -0.39 is 22.1 Å². The predicted octanol–water partition coefficient (Wildman–Crippen LogP) is 6.65. The fraction of sp³-hybridized carbons (Fsp3) is 0.0833. The van der Waals surface area contributed by atoms with Crippen LogP contribution in [0.15, 0.2) is 83.8 Å². The zero-order valence-corrected chi connectivity index (χ0v) is 18.0. The first-order valence-corrected chi connectivity index (χ1v) is 11.2. The third-order valence-corrected chi connectivity index (χ3v) is 6.38. The highest BCUT2D eigenvalue weighted by Gasteiger charge is 2.31. The normalized spacial score (nSPS) is 12.0. The van der Waals surface area contributed by atoms with Gasteiger partial charge in [-0.25, -0.2) is 12.8 Å². The number of benzene rings is 4. The number of sulfonamides is 1. The summed E-state index contributed by atoms with van der Waals surface area (Å²) in [6.07, 6.45) is -4.84. The Morgan fingerprint density at radius 1 is 0.848 bits per heavy atom. The fourth-order valence-corrected chi connectivity index (χ4v) is 4.58. The first kappa shape index (κ1) is 22.6. The minimum atomic E-state index is -4.84. The molecule has 1 N–H and O–H groups in total. The minimum absolute atomic E-state index is 0.0362. The molecule has 0 spiro atoms. The van der Waals surface area contributed by atoms with E-state index in [0.717, 1.165) is 34.2 Å². The summed E-state index contributed by atoms with van der Waals surface area (Å²) in [4.78, 5) is -0.0362. The van der Waals surface area contributed by atoms with Gasteiger partial charge in [0.1, 0.15) is 11.6 Å². The first-order chi connectivity index (χ1) is 15.5. The molecule has 0 aliphatic rings. The highest BCUT2D eigenvalue weighted by molar-refractivity contribution is 7.92. The first-order valence-electron chi connectivity index (χ1n) is 9.70. The molecule has 0 heterocycles. The maximum absolute atomic E-state index is 13.8. The molecule has 0 radical (unpaired) electrons. The van der Waals surface area contributed by atoms with Crippen LogP contribution in [-0.2, 0) is 10.0 Å². The Morgan fingerprint density at radius 2 is 1.48 bits per heavy atom. The molecule has 0 saturated carbocycles. The number of anilines is 1. The van der Waals surface area contributed by atoms with Crippen molar-refractivity contribution >= 4 is 26.5 Å². The summed E-state index contributed by atoms with van der Waals surface area (Å²) in [7, 11) is -3.99. The van der Waals surface area contributed by atoms with Crippen molar-refractivity contribution < 1.29 is 30.7 Å². The van der Waals surface area contributed by atoms with Crippen LogP contribution < -0.4 is 9.46 Å². The van der Waals surface area contributed by atoms with Crippen molar-refractivity contribution in [3.8, 4) is 16.9 Å². The lowest BCUT2D eigenvalue weighted by atomic mass is 9.94. The maximum Gasteiger partial charge on any atom is 0.573 e. The largest absolute Gasteiger partial charge is 0.573 e. The summed E-state index contributed by atoms with van der Waals surface area (Å²) < 4.78 is 82.2. The second-order valence-electron chi connectivity index (χ2n) is 7.32. The Bertz CT molecular complexity index is 1410. The lowest BCUT2D eigenvalue weighted by Crippen LogP contribution is -2.17. The molecule has 0 unspecified atom stereocenters. The van der Waals surface area contributed by atoms with Crippen molar-refractivity contribution in [1.29, 1.82) is 0 Å². The highest BCUT2D eigenvalue weighted by Crippen LogP contribution is 2.33. The van der Waals surface area contributed by atoms with Gasteiger partial charge in [0, 0.05) is 5.69 Å². The number of aryl methyl sites for hydroxylation is 1. The van der Waals surface area contributed by atoms with Crippen LogP contribution in [-0.4, -0.2) is 14.8 Å². The van der Waals surface area contributed by atoms with Gasteiger partial charge in [-0.2, -0.15) is 0 Å². The van der Waals surface area contributed by atoms with Gasteiger partial charge in [0.05, 0.1) is 4.90 Å². The van der Waals surface area contributed by atoms with E-state index in [0.29, 0.717) is 5.39 Å². The summed E-state index contributed by atoms with van der Waals surface area (Å²) in [5.74, 6) is -0.832. The van der Waals surface area contributed by atoms with Gasteiger partial charge in [0.2, 0.25) is 0 Å². The van der Waals surface area contributed by atoms with E-state index in [4.69, 9.17) is 0 Å². The second kappa shape index (κ2) is 8.40. The molecule has 4 aromatic rings. The van der Waals surface area contributed by atoms with Crippen molar-refractivity contribution in [3.05, 3.63) is 90.2 Å². The average Bonchev–Trinajstić information content (AvgIpc) is 2.74. The van der Waals surface area contributed by atoms with E-state index in [2.05, 4.69) is 9.46 Å². The summed E-state index contributed by atoms with van der Waals surface area (Å²) >= 11 is 0. The van der Waals surface area contributed by atoms with E-state index in [1.54, 1.807) is 18.2 Å². The number of ether oxygens (including phenoxy) is 1. The molecule has 0 aliphatic carbocycles. The van der Waals surface area contributed by atoms with Crippen LogP contribution in [0.3, 0.4) is 0 Å². The van der Waals surface area contributed by atoms with Gasteiger partial charge in [-0.15, -0.1) is 13.2 Å². The molecule has 0 amide bonds. The number of hydrogen-bond donors (Lipinski definition) is 1.